The molecule has 0 bridgehead atoms. The quantitative estimate of drug-likeness (QED) is 0.310. The Morgan fingerprint density at radius 3 is 2.50 bits per heavy atom. The summed E-state index contributed by atoms with van der Waals surface area (Å²) in [7, 11) is 0. The van der Waals surface area contributed by atoms with Gasteiger partial charge in [0.05, 0.1) is 0 Å². The van der Waals surface area contributed by atoms with Crippen molar-refractivity contribution in [3.63, 3.8) is 0 Å². The summed E-state index contributed by atoms with van der Waals surface area (Å²) in [4.78, 5) is 5.16. The minimum absolute atomic E-state index is 0.478. The summed E-state index contributed by atoms with van der Waals surface area (Å²) < 4.78 is 2.41. The molecule has 2 atom stereocenters. The fraction of sp³-hybridized carbons (Fsp3) is 0.786. The summed E-state index contributed by atoms with van der Waals surface area (Å²) in [6.45, 7) is 8.36. The van der Waals surface area contributed by atoms with Gasteiger partial charge in [0, 0.05) is 0 Å². The van der Waals surface area contributed by atoms with E-state index in [0.717, 1.165) is 3.93 Å². The maximum atomic E-state index is 5.97. The van der Waals surface area contributed by atoms with Gasteiger partial charge in [0.1, 0.15) is 0 Å². The van der Waals surface area contributed by atoms with Crippen LogP contribution in [0.15, 0.2) is 18.4 Å². The first-order valence-electron chi connectivity index (χ1n) is 6.39. The van der Waals surface area contributed by atoms with Gasteiger partial charge in [-0.25, -0.2) is 0 Å². The Morgan fingerprint density at radius 2 is 2.06 bits per heavy atom. The van der Waals surface area contributed by atoms with Crippen LogP contribution in [-0.4, -0.2) is 24.3 Å². The van der Waals surface area contributed by atoms with Crippen molar-refractivity contribution in [1.29, 1.82) is 0 Å². The molecule has 0 nitrogen and oxygen atoms in total. The van der Waals surface area contributed by atoms with Gasteiger partial charge in [0.25, 0.3) is 0 Å². The average molecular weight is 350 g/mol. The Bertz CT molecular complexity index is 229. The number of hydrogen-bond acceptors (Lipinski definition) is 0. The van der Waals surface area contributed by atoms with E-state index in [1.807, 2.05) is 6.08 Å². The van der Waals surface area contributed by atoms with Crippen molar-refractivity contribution in [3.8, 4) is 0 Å². The number of alkyl halides is 1. The second kappa shape index (κ2) is 8.66. The number of rotatable bonds is 8. The van der Waals surface area contributed by atoms with E-state index in [9.17, 15) is 0 Å². The van der Waals surface area contributed by atoms with Crippen LogP contribution in [0.4, 0.5) is 0 Å². The molecule has 0 aliphatic heterocycles. The molecule has 2 heteroatoms. The van der Waals surface area contributed by atoms with Gasteiger partial charge >= 0.3 is 112 Å². The Kier molecular flexibility index (Phi) is 8.99. The van der Waals surface area contributed by atoms with Crippen LogP contribution in [0.5, 0.6) is 0 Å². The molecule has 0 saturated carbocycles. The topological polar surface area (TPSA) is 0 Å². The van der Waals surface area contributed by atoms with Crippen molar-refractivity contribution in [3.05, 3.63) is 18.4 Å². The molecule has 0 saturated heterocycles. The number of allylic oxidation sites excluding steroid dienone is 1. The normalized spacial score (nSPS) is 15.3. The fourth-order valence-corrected chi connectivity index (χ4v) is 9.91. The molecule has 2 unspecified atom stereocenters. The molecule has 0 radical (unpaired) electrons. The van der Waals surface area contributed by atoms with Crippen LogP contribution in [0.25, 0.3) is 0 Å². The molecule has 0 aliphatic rings. The maximum absolute atomic E-state index is 5.97. The Hall–Kier alpha value is 0.609. The molecule has 0 aromatic heterocycles. The second-order valence-electron chi connectivity index (χ2n) is 5.51. The third-order valence-corrected chi connectivity index (χ3v) is 17.1. The first-order chi connectivity index (χ1) is 7.47. The molecule has 0 N–H and O–H groups in total. The van der Waals surface area contributed by atoms with E-state index in [4.69, 9.17) is 11.6 Å². The number of halogens is 1. The molecule has 0 rings (SSSR count). The van der Waals surface area contributed by atoms with E-state index >= 15 is 0 Å². The SMILES string of the molecule is C=C=CC(CCl)C[CH](C)[Sn]([CH3])([CH3])[CH2]CCC. The summed E-state index contributed by atoms with van der Waals surface area (Å²) in [5, 5.41) is 0. The van der Waals surface area contributed by atoms with E-state index in [0.29, 0.717) is 11.8 Å². The first-order valence-corrected chi connectivity index (χ1v) is 16.3. The van der Waals surface area contributed by atoms with Crippen molar-refractivity contribution < 1.29 is 0 Å². The van der Waals surface area contributed by atoms with E-state index in [1.54, 1.807) is 0 Å². The van der Waals surface area contributed by atoms with E-state index in [1.165, 1.54) is 23.7 Å². The summed E-state index contributed by atoms with van der Waals surface area (Å²) in [5.41, 5.74) is 2.88. The fourth-order valence-electron chi connectivity index (χ4n) is 1.99. The first kappa shape index (κ1) is 16.6. The van der Waals surface area contributed by atoms with Gasteiger partial charge < -0.3 is 0 Å². The van der Waals surface area contributed by atoms with E-state index in [2.05, 4.69) is 36.0 Å². The predicted molar refractivity (Wildman–Crippen MR) is 79.2 cm³/mol. The molecule has 0 aliphatic carbocycles. The number of hydrogen-bond donors (Lipinski definition) is 0. The molecule has 0 spiro atoms. The Labute approximate surface area is 111 Å². The molecule has 0 aromatic rings. The summed E-state index contributed by atoms with van der Waals surface area (Å²) in [6.07, 6.45) is 6.03. The Balaban J connectivity index is 4.29. The van der Waals surface area contributed by atoms with Crippen LogP contribution in [0.1, 0.15) is 33.1 Å². The molecular weight excluding hydrogens is 322 g/mol. The van der Waals surface area contributed by atoms with Crippen LogP contribution in [0, 0.1) is 5.92 Å². The van der Waals surface area contributed by atoms with Crippen LogP contribution >= 0.6 is 11.6 Å². The monoisotopic (exact) mass is 350 g/mol. The summed E-state index contributed by atoms with van der Waals surface area (Å²) in [6, 6.07) is 0. The Morgan fingerprint density at radius 1 is 1.44 bits per heavy atom. The van der Waals surface area contributed by atoms with Crippen molar-refractivity contribution in [1.82, 2.24) is 0 Å². The molecule has 0 heterocycles. The third-order valence-electron chi connectivity index (χ3n) is 3.72. The van der Waals surface area contributed by atoms with Crippen molar-refractivity contribution in [2.45, 2.75) is 51.4 Å². The molecule has 0 amide bonds. The molecule has 94 valence electrons. The second-order valence-corrected chi connectivity index (χ2v) is 21.4. The molecule has 0 fully saturated rings. The number of unbranched alkanes of at least 4 members (excludes halogenated alkanes) is 1. The van der Waals surface area contributed by atoms with Crippen molar-refractivity contribution in [2.24, 2.45) is 5.92 Å². The van der Waals surface area contributed by atoms with Gasteiger partial charge in [0.15, 0.2) is 0 Å². The van der Waals surface area contributed by atoms with Crippen LogP contribution < -0.4 is 0 Å². The molecule has 16 heavy (non-hydrogen) atoms. The van der Waals surface area contributed by atoms with Crippen LogP contribution in [0.2, 0.25) is 18.2 Å². The van der Waals surface area contributed by atoms with Gasteiger partial charge in [-0.05, 0) is 0 Å². The van der Waals surface area contributed by atoms with Gasteiger partial charge in [0.2, 0.25) is 0 Å². The van der Waals surface area contributed by atoms with Crippen molar-refractivity contribution in [2.75, 3.05) is 5.88 Å². The van der Waals surface area contributed by atoms with Gasteiger partial charge in [-0.15, -0.1) is 0 Å². The standard InChI is InChI=1S/C8H12Cl.C4H9.2CH3.Sn/c1-3-5-8(7-9)6-4-2;1-3-4-2;;;/h4-5,8H,1,6-7H2,2H3;1,3-4H2,2H3;2*1H3;. The summed E-state index contributed by atoms with van der Waals surface area (Å²) >= 11 is 4.15. The summed E-state index contributed by atoms with van der Waals surface area (Å²) in [5.74, 6) is 1.19. The van der Waals surface area contributed by atoms with Crippen LogP contribution in [0.3, 0.4) is 0 Å². The zero-order chi connectivity index (χ0) is 12.6. The zero-order valence-electron chi connectivity index (χ0n) is 11.4. The van der Waals surface area contributed by atoms with Gasteiger partial charge in [-0.1, -0.05) is 0 Å². The van der Waals surface area contributed by atoms with Crippen LogP contribution in [-0.2, 0) is 0 Å². The average Bonchev–Trinajstić information content (AvgIpc) is 2.25. The third kappa shape index (κ3) is 6.37. The minimum atomic E-state index is -1.82. The molecular formula is C14H27ClSn. The van der Waals surface area contributed by atoms with Gasteiger partial charge in [-0.3, -0.25) is 0 Å². The van der Waals surface area contributed by atoms with E-state index in [-0.39, 0.29) is 0 Å². The predicted octanol–water partition coefficient (Wildman–Crippen LogP) is 5.47. The van der Waals surface area contributed by atoms with Gasteiger partial charge in [-0.2, -0.15) is 0 Å². The van der Waals surface area contributed by atoms with Crippen molar-refractivity contribution >= 4 is 30.0 Å². The molecule has 0 aromatic carbocycles. The zero-order valence-corrected chi connectivity index (χ0v) is 15.0. The van der Waals surface area contributed by atoms with E-state index < -0.39 is 18.4 Å².